The Hall–Kier alpha value is -1.17. The maximum atomic E-state index is 6.20. The van der Waals surface area contributed by atoms with Gasteiger partial charge in [-0.05, 0) is 17.7 Å². The number of benzene rings is 1. The Kier molecular flexibility index (Phi) is 4.74. The van der Waals surface area contributed by atoms with Gasteiger partial charge in [0.05, 0.1) is 7.11 Å². The number of hydrogen-bond donors (Lipinski definition) is 1. The Morgan fingerprint density at radius 2 is 2.16 bits per heavy atom. The lowest BCUT2D eigenvalue weighted by Crippen LogP contribution is -2.15. The van der Waals surface area contributed by atoms with Gasteiger partial charge in [0.15, 0.2) is 0 Å². The molecule has 4 nitrogen and oxygen atoms in total. The molecule has 100 valence electrons. The van der Waals surface area contributed by atoms with E-state index in [4.69, 9.17) is 22.1 Å². The lowest BCUT2D eigenvalue weighted by atomic mass is 10.0. The van der Waals surface area contributed by atoms with Crippen LogP contribution in [0, 0.1) is 0 Å². The van der Waals surface area contributed by atoms with Crippen LogP contribution >= 0.6 is 27.5 Å². The van der Waals surface area contributed by atoms with Gasteiger partial charge in [0.2, 0.25) is 5.88 Å². The van der Waals surface area contributed by atoms with Gasteiger partial charge in [-0.3, -0.25) is 0 Å². The van der Waals surface area contributed by atoms with Gasteiger partial charge in [-0.15, -0.1) is 0 Å². The largest absolute Gasteiger partial charge is 0.481 e. The first-order valence-electron chi connectivity index (χ1n) is 5.65. The minimum atomic E-state index is -0.175. The van der Waals surface area contributed by atoms with Gasteiger partial charge in [0.1, 0.15) is 6.33 Å². The average Bonchev–Trinajstić information content (AvgIpc) is 2.38. The minimum absolute atomic E-state index is 0.175. The molecule has 1 aromatic carbocycles. The van der Waals surface area contributed by atoms with Crippen molar-refractivity contribution < 1.29 is 4.74 Å². The molecule has 1 atom stereocenters. The molecular formula is C13H13BrClN3O. The van der Waals surface area contributed by atoms with Crippen LogP contribution in [0.4, 0.5) is 0 Å². The monoisotopic (exact) mass is 341 g/mol. The fourth-order valence-corrected chi connectivity index (χ4v) is 2.71. The molecule has 0 saturated heterocycles. The van der Waals surface area contributed by atoms with Gasteiger partial charge in [-0.1, -0.05) is 33.6 Å². The summed E-state index contributed by atoms with van der Waals surface area (Å²) < 4.78 is 5.96. The lowest BCUT2D eigenvalue weighted by molar-refractivity contribution is 0.395. The van der Waals surface area contributed by atoms with Crippen LogP contribution in [-0.4, -0.2) is 17.1 Å². The molecule has 1 unspecified atom stereocenters. The van der Waals surface area contributed by atoms with E-state index >= 15 is 0 Å². The number of aromatic nitrogens is 2. The third kappa shape index (κ3) is 3.65. The third-order valence-electron chi connectivity index (χ3n) is 2.70. The zero-order valence-corrected chi connectivity index (χ0v) is 12.6. The summed E-state index contributed by atoms with van der Waals surface area (Å²) in [7, 11) is 1.57. The first kappa shape index (κ1) is 14.2. The molecule has 0 bridgehead atoms. The summed E-state index contributed by atoms with van der Waals surface area (Å²) in [6.45, 7) is 0. The van der Waals surface area contributed by atoms with Gasteiger partial charge < -0.3 is 10.5 Å². The van der Waals surface area contributed by atoms with Crippen LogP contribution in [0.25, 0.3) is 0 Å². The first-order valence-corrected chi connectivity index (χ1v) is 6.82. The van der Waals surface area contributed by atoms with Gasteiger partial charge >= 0.3 is 0 Å². The van der Waals surface area contributed by atoms with E-state index in [2.05, 4.69) is 25.9 Å². The van der Waals surface area contributed by atoms with Gasteiger partial charge in [-0.25, -0.2) is 9.97 Å². The van der Waals surface area contributed by atoms with Crippen LogP contribution < -0.4 is 10.5 Å². The molecule has 0 saturated carbocycles. The van der Waals surface area contributed by atoms with Crippen molar-refractivity contribution in [1.82, 2.24) is 9.97 Å². The van der Waals surface area contributed by atoms with Gasteiger partial charge in [0, 0.05) is 33.7 Å². The molecular weight excluding hydrogens is 330 g/mol. The maximum absolute atomic E-state index is 6.20. The smallest absolute Gasteiger partial charge is 0.216 e. The molecule has 0 fully saturated rings. The predicted octanol–water partition coefficient (Wildman–Crippen LogP) is 3.14. The van der Waals surface area contributed by atoms with Crippen LogP contribution in [0.1, 0.15) is 17.3 Å². The number of methoxy groups -OCH3 is 1. The van der Waals surface area contributed by atoms with Gasteiger partial charge in [-0.2, -0.15) is 0 Å². The summed E-state index contributed by atoms with van der Waals surface area (Å²) in [6.07, 6.45) is 2.07. The molecule has 1 heterocycles. The molecule has 1 aromatic heterocycles. The van der Waals surface area contributed by atoms with E-state index in [1.165, 1.54) is 6.33 Å². The molecule has 2 rings (SSSR count). The van der Waals surface area contributed by atoms with Crippen LogP contribution in [-0.2, 0) is 6.42 Å². The fraction of sp³-hybridized carbons (Fsp3) is 0.231. The van der Waals surface area contributed by atoms with Crippen molar-refractivity contribution in [3.8, 4) is 5.88 Å². The summed E-state index contributed by atoms with van der Waals surface area (Å²) in [5, 5.41) is 0.673. The third-order valence-corrected chi connectivity index (χ3v) is 3.62. The molecule has 19 heavy (non-hydrogen) atoms. The number of hydrogen-bond acceptors (Lipinski definition) is 4. The van der Waals surface area contributed by atoms with Crippen LogP contribution in [0.5, 0.6) is 5.88 Å². The van der Waals surface area contributed by atoms with Crippen LogP contribution in [0.15, 0.2) is 35.1 Å². The molecule has 2 N–H and O–H groups in total. The summed E-state index contributed by atoms with van der Waals surface area (Å²) >= 11 is 9.38. The van der Waals surface area contributed by atoms with Crippen molar-refractivity contribution in [2.75, 3.05) is 7.11 Å². The Balaban J connectivity index is 2.17. The molecule has 0 radical (unpaired) electrons. The van der Waals surface area contributed by atoms with Crippen molar-refractivity contribution in [1.29, 1.82) is 0 Å². The standard InChI is InChI=1S/C13H13BrClN3O/c1-19-13-6-9(17-7-18-13)5-12(16)10-3-2-8(15)4-11(10)14/h2-4,6-7,12H,5,16H2,1H3. The van der Waals surface area contributed by atoms with E-state index in [0.29, 0.717) is 17.3 Å². The second-order valence-electron chi connectivity index (χ2n) is 4.03. The minimum Gasteiger partial charge on any atom is -0.481 e. The van der Waals surface area contributed by atoms with E-state index in [9.17, 15) is 0 Å². The second-order valence-corrected chi connectivity index (χ2v) is 5.32. The highest BCUT2D eigenvalue weighted by atomic mass is 79.9. The number of rotatable bonds is 4. The molecule has 0 amide bonds. The fourth-order valence-electron chi connectivity index (χ4n) is 1.74. The summed E-state index contributed by atoms with van der Waals surface area (Å²) in [6, 6.07) is 7.17. The summed E-state index contributed by atoms with van der Waals surface area (Å²) in [5.41, 5.74) is 8.02. The number of halogens is 2. The highest BCUT2D eigenvalue weighted by Crippen LogP contribution is 2.27. The van der Waals surface area contributed by atoms with E-state index in [1.807, 2.05) is 18.2 Å². The molecule has 2 aromatic rings. The molecule has 0 aliphatic carbocycles. The van der Waals surface area contributed by atoms with Crippen molar-refractivity contribution >= 4 is 27.5 Å². The SMILES string of the molecule is COc1cc(CC(N)c2ccc(Cl)cc2Br)ncn1. The topological polar surface area (TPSA) is 61.0 Å². The lowest BCUT2D eigenvalue weighted by Gasteiger charge is -2.14. The Morgan fingerprint density at radius 1 is 1.37 bits per heavy atom. The van der Waals surface area contributed by atoms with Crippen LogP contribution in [0.2, 0.25) is 5.02 Å². The normalized spacial score (nSPS) is 12.2. The van der Waals surface area contributed by atoms with Gasteiger partial charge in [0.25, 0.3) is 0 Å². The van der Waals surface area contributed by atoms with E-state index in [1.54, 1.807) is 13.2 Å². The van der Waals surface area contributed by atoms with Crippen molar-refractivity contribution in [2.24, 2.45) is 5.73 Å². The Bertz CT molecular complexity index is 580. The Morgan fingerprint density at radius 3 is 2.84 bits per heavy atom. The van der Waals surface area contributed by atoms with Crippen molar-refractivity contribution in [3.63, 3.8) is 0 Å². The van der Waals surface area contributed by atoms with Crippen LogP contribution in [0.3, 0.4) is 0 Å². The first-order chi connectivity index (χ1) is 9.10. The summed E-state index contributed by atoms with van der Waals surface area (Å²) in [5.74, 6) is 0.535. The van der Waals surface area contributed by atoms with E-state index in [-0.39, 0.29) is 6.04 Å². The average molecular weight is 343 g/mol. The molecule has 0 spiro atoms. The number of nitrogens with two attached hydrogens (primary N) is 1. The highest BCUT2D eigenvalue weighted by Gasteiger charge is 2.12. The molecule has 0 aliphatic rings. The summed E-state index contributed by atoms with van der Waals surface area (Å²) in [4.78, 5) is 8.15. The number of nitrogens with zero attached hydrogens (tertiary/aromatic N) is 2. The zero-order chi connectivity index (χ0) is 13.8. The second kappa shape index (κ2) is 6.32. The molecule has 0 aliphatic heterocycles. The van der Waals surface area contributed by atoms with Crippen molar-refractivity contribution in [2.45, 2.75) is 12.5 Å². The zero-order valence-electron chi connectivity index (χ0n) is 10.3. The number of ether oxygens (including phenoxy) is 1. The quantitative estimate of drug-likeness (QED) is 0.927. The van der Waals surface area contributed by atoms with E-state index in [0.717, 1.165) is 15.7 Å². The predicted molar refractivity (Wildman–Crippen MR) is 78.4 cm³/mol. The van der Waals surface area contributed by atoms with E-state index < -0.39 is 0 Å². The Labute approximate surface area is 125 Å². The molecule has 6 heteroatoms. The van der Waals surface area contributed by atoms with Crippen molar-refractivity contribution in [3.05, 3.63) is 51.3 Å². The maximum Gasteiger partial charge on any atom is 0.216 e. The highest BCUT2D eigenvalue weighted by molar-refractivity contribution is 9.10.